The molecule has 0 N–H and O–H groups in total. The maximum Gasteiger partial charge on any atom is 0.284 e. The zero-order valence-electron chi connectivity index (χ0n) is 11.4. The van der Waals surface area contributed by atoms with Crippen LogP contribution in [0.2, 0.25) is 0 Å². The summed E-state index contributed by atoms with van der Waals surface area (Å²) in [6.45, 7) is 0.788. The van der Waals surface area contributed by atoms with E-state index < -0.39 is 20.9 Å². The topological polar surface area (TPSA) is 53.5 Å². The van der Waals surface area contributed by atoms with Crippen molar-refractivity contribution in [2.45, 2.75) is 5.03 Å². The minimum atomic E-state index is -4.01. The Balaban J connectivity index is 2.14. The predicted molar refractivity (Wildman–Crippen MR) is 78.4 cm³/mol. The molecule has 2 heterocycles. The number of aromatic nitrogens is 1. The Morgan fingerprint density at radius 3 is 2.52 bits per heavy atom. The summed E-state index contributed by atoms with van der Waals surface area (Å²) in [6.07, 6.45) is 1.28. The minimum absolute atomic E-state index is 0.256. The van der Waals surface area contributed by atoms with E-state index in [1.54, 1.807) is 12.1 Å². The Labute approximate surface area is 122 Å². The summed E-state index contributed by atoms with van der Waals surface area (Å²) in [5.41, 5.74) is 1.33. The van der Waals surface area contributed by atoms with Crippen molar-refractivity contribution in [2.75, 3.05) is 29.3 Å². The highest BCUT2D eigenvalue weighted by molar-refractivity contribution is 7.92. The first-order valence-corrected chi connectivity index (χ1v) is 7.89. The molecule has 0 unspecified atom stereocenters. The molecule has 0 atom stereocenters. The van der Waals surface area contributed by atoms with Crippen molar-refractivity contribution in [3.8, 4) is 0 Å². The van der Waals surface area contributed by atoms with Gasteiger partial charge in [-0.1, -0.05) is 12.1 Å². The minimum Gasteiger partial charge on any atom is -0.371 e. The number of halogens is 1. The summed E-state index contributed by atoms with van der Waals surface area (Å²) >= 11 is 0. The number of benzene rings is 1. The summed E-state index contributed by atoms with van der Waals surface area (Å²) in [5.74, 6) is -0.839. The van der Waals surface area contributed by atoms with E-state index in [9.17, 15) is 12.8 Å². The quantitative estimate of drug-likeness (QED) is 0.850. The van der Waals surface area contributed by atoms with Crippen molar-refractivity contribution in [2.24, 2.45) is 0 Å². The number of pyridine rings is 1. The molecular weight excluding hydrogens is 293 g/mol. The lowest BCUT2D eigenvalue weighted by atomic mass is 10.2. The molecule has 0 saturated carbocycles. The van der Waals surface area contributed by atoms with Crippen LogP contribution in [0.5, 0.6) is 0 Å². The summed E-state index contributed by atoms with van der Waals surface area (Å²) < 4.78 is 40.4. The molecule has 1 aliphatic heterocycles. The van der Waals surface area contributed by atoms with Crippen molar-refractivity contribution in [3.63, 3.8) is 0 Å². The van der Waals surface area contributed by atoms with Crippen LogP contribution in [0.25, 0.3) is 0 Å². The summed E-state index contributed by atoms with van der Waals surface area (Å²) in [5, 5.41) is -0.538. The number of nitrogens with zero attached hydrogens (tertiary/aromatic N) is 3. The average Bonchev–Trinajstić information content (AvgIpc) is 2.48. The first kappa shape index (κ1) is 13.8. The van der Waals surface area contributed by atoms with Crippen LogP contribution in [0.3, 0.4) is 0 Å². The Kier molecular flexibility index (Phi) is 3.29. The smallest absolute Gasteiger partial charge is 0.284 e. The number of hydrogen-bond acceptors (Lipinski definition) is 4. The summed E-state index contributed by atoms with van der Waals surface area (Å²) in [4.78, 5) is 5.67. The Hall–Kier alpha value is -2.15. The number of fused-ring (bicyclic) bond motifs is 1. The fourth-order valence-electron chi connectivity index (χ4n) is 2.39. The van der Waals surface area contributed by atoms with Crippen molar-refractivity contribution < 1.29 is 12.8 Å². The molecule has 21 heavy (non-hydrogen) atoms. The number of anilines is 2. The molecule has 0 saturated heterocycles. The highest BCUT2D eigenvalue weighted by Gasteiger charge is 2.33. The van der Waals surface area contributed by atoms with Crippen LogP contribution < -0.4 is 9.21 Å². The third kappa shape index (κ3) is 2.23. The van der Waals surface area contributed by atoms with Gasteiger partial charge in [0.15, 0.2) is 5.82 Å². The van der Waals surface area contributed by atoms with Gasteiger partial charge in [0.25, 0.3) is 10.0 Å². The van der Waals surface area contributed by atoms with Gasteiger partial charge in [-0.3, -0.25) is 4.31 Å². The second-order valence-electron chi connectivity index (χ2n) is 4.78. The van der Waals surface area contributed by atoms with Gasteiger partial charge in [0.1, 0.15) is 0 Å². The lowest BCUT2D eigenvalue weighted by molar-refractivity contribution is 0.550. The number of likely N-dealkylation sites (N-methyl/N-ethyl adjacent to an activating group) is 1. The summed E-state index contributed by atoms with van der Waals surface area (Å²) in [7, 11) is -2.12. The first-order valence-electron chi connectivity index (χ1n) is 6.45. The molecule has 110 valence electrons. The maximum absolute atomic E-state index is 13.8. The van der Waals surface area contributed by atoms with Crippen LogP contribution in [0.1, 0.15) is 0 Å². The molecule has 2 aromatic rings. The summed E-state index contributed by atoms with van der Waals surface area (Å²) in [6, 6.07) is 9.62. The molecule has 1 aromatic carbocycles. The highest BCUT2D eigenvalue weighted by atomic mass is 32.2. The van der Waals surface area contributed by atoms with Crippen LogP contribution in [0.15, 0.2) is 47.6 Å². The Bertz CT molecular complexity index is 779. The Morgan fingerprint density at radius 1 is 1.10 bits per heavy atom. The van der Waals surface area contributed by atoms with Crippen molar-refractivity contribution >= 4 is 21.4 Å². The molecule has 7 heteroatoms. The van der Waals surface area contributed by atoms with Crippen LogP contribution in [-0.4, -0.2) is 33.5 Å². The number of hydrogen-bond donors (Lipinski definition) is 0. The molecule has 0 bridgehead atoms. The lowest BCUT2D eigenvalue weighted by Gasteiger charge is -2.35. The third-order valence-electron chi connectivity index (χ3n) is 3.46. The second-order valence-corrected chi connectivity index (χ2v) is 6.56. The van der Waals surface area contributed by atoms with E-state index in [4.69, 9.17) is 0 Å². The lowest BCUT2D eigenvalue weighted by Crippen LogP contribution is -2.43. The van der Waals surface area contributed by atoms with E-state index >= 15 is 0 Å². The van der Waals surface area contributed by atoms with Gasteiger partial charge in [0.2, 0.25) is 5.03 Å². The maximum atomic E-state index is 13.8. The molecule has 0 radical (unpaired) electrons. The third-order valence-corrected chi connectivity index (χ3v) is 5.21. The SMILES string of the molecule is CN1CCN(S(=O)(=O)c2ncccc2F)c2ccccc21. The van der Waals surface area contributed by atoms with E-state index in [1.807, 2.05) is 24.1 Å². The fourth-order valence-corrected chi connectivity index (χ4v) is 3.85. The first-order chi connectivity index (χ1) is 10.0. The number of para-hydroxylation sites is 2. The standard InChI is InChI=1S/C14H14FN3O2S/c1-17-9-10-18(13-7-3-2-6-12(13)17)21(19,20)14-11(15)5-4-8-16-14/h2-8H,9-10H2,1H3. The van der Waals surface area contributed by atoms with E-state index in [0.717, 1.165) is 11.8 Å². The van der Waals surface area contributed by atoms with Gasteiger partial charge in [-0.15, -0.1) is 0 Å². The predicted octanol–water partition coefficient (Wildman–Crippen LogP) is 1.87. The molecule has 0 fully saturated rings. The van der Waals surface area contributed by atoms with Crippen molar-refractivity contribution in [3.05, 3.63) is 48.4 Å². The molecule has 0 aliphatic carbocycles. The molecular formula is C14H14FN3O2S. The van der Waals surface area contributed by atoms with Crippen molar-refractivity contribution in [1.29, 1.82) is 0 Å². The molecule has 1 aromatic heterocycles. The number of sulfonamides is 1. The van der Waals surface area contributed by atoms with Gasteiger partial charge >= 0.3 is 0 Å². The van der Waals surface area contributed by atoms with Crippen LogP contribution in [0, 0.1) is 5.82 Å². The van der Waals surface area contributed by atoms with E-state index in [2.05, 4.69) is 4.98 Å². The van der Waals surface area contributed by atoms with Gasteiger partial charge in [0.05, 0.1) is 17.9 Å². The van der Waals surface area contributed by atoms with E-state index in [-0.39, 0.29) is 6.54 Å². The highest BCUT2D eigenvalue weighted by Crippen LogP contribution is 2.35. The monoisotopic (exact) mass is 307 g/mol. The van der Waals surface area contributed by atoms with Gasteiger partial charge in [-0.2, -0.15) is 8.42 Å². The zero-order chi connectivity index (χ0) is 15.0. The fraction of sp³-hybridized carbons (Fsp3) is 0.214. The van der Waals surface area contributed by atoms with Gasteiger partial charge in [0, 0.05) is 19.8 Å². The molecule has 1 aliphatic rings. The van der Waals surface area contributed by atoms with Gasteiger partial charge in [-0.25, -0.2) is 9.37 Å². The van der Waals surface area contributed by atoms with Crippen molar-refractivity contribution in [1.82, 2.24) is 4.98 Å². The van der Waals surface area contributed by atoms with Gasteiger partial charge < -0.3 is 4.90 Å². The second kappa shape index (κ2) is 5.00. The van der Waals surface area contributed by atoms with E-state index in [1.165, 1.54) is 16.6 Å². The molecule has 0 spiro atoms. The molecule has 3 rings (SSSR count). The average molecular weight is 307 g/mol. The van der Waals surface area contributed by atoms with Gasteiger partial charge in [-0.05, 0) is 24.3 Å². The van der Waals surface area contributed by atoms with Crippen LogP contribution in [-0.2, 0) is 10.0 Å². The normalized spacial score (nSPS) is 15.0. The van der Waals surface area contributed by atoms with E-state index in [0.29, 0.717) is 12.2 Å². The Morgan fingerprint density at radius 2 is 1.81 bits per heavy atom. The molecule has 0 amide bonds. The van der Waals surface area contributed by atoms with Crippen LogP contribution >= 0.6 is 0 Å². The largest absolute Gasteiger partial charge is 0.371 e. The molecule has 5 nitrogen and oxygen atoms in total. The number of rotatable bonds is 2. The van der Waals surface area contributed by atoms with Crippen LogP contribution in [0.4, 0.5) is 15.8 Å². The zero-order valence-corrected chi connectivity index (χ0v) is 12.2.